The second kappa shape index (κ2) is 5.97. The second-order valence-electron chi connectivity index (χ2n) is 5.71. The Bertz CT molecular complexity index is 659. The van der Waals surface area contributed by atoms with Gasteiger partial charge in [0.05, 0.1) is 18.0 Å². The van der Waals surface area contributed by atoms with Crippen LogP contribution in [0.3, 0.4) is 0 Å². The number of hydrogen-bond acceptors (Lipinski definition) is 5. The minimum Gasteiger partial charge on any atom is -0.496 e. The van der Waals surface area contributed by atoms with Gasteiger partial charge in [0, 0.05) is 11.0 Å². The van der Waals surface area contributed by atoms with E-state index in [0.29, 0.717) is 11.7 Å². The van der Waals surface area contributed by atoms with E-state index in [1.165, 1.54) is 0 Å². The largest absolute Gasteiger partial charge is 0.496 e. The molecule has 0 atom stereocenters. The highest BCUT2D eigenvalue weighted by molar-refractivity contribution is 9.10. The van der Waals surface area contributed by atoms with Crippen LogP contribution in [0.25, 0.3) is 11.4 Å². The van der Waals surface area contributed by atoms with E-state index in [4.69, 9.17) is 9.26 Å². The Labute approximate surface area is 131 Å². The molecule has 112 valence electrons. The number of nitrogens with zero attached hydrogens (tertiary/aromatic N) is 2. The van der Waals surface area contributed by atoms with Crippen LogP contribution in [0, 0.1) is 5.41 Å². The maximum atomic E-state index is 12.0. The van der Waals surface area contributed by atoms with Crippen LogP contribution in [0.5, 0.6) is 5.75 Å². The van der Waals surface area contributed by atoms with Crippen molar-refractivity contribution in [1.82, 2.24) is 10.1 Å². The van der Waals surface area contributed by atoms with Crippen LogP contribution in [0.2, 0.25) is 0 Å². The number of Topliss-reactive ketones (excluding diaryl/α,β-unsaturated/α-hetero) is 1. The monoisotopic (exact) mass is 352 g/mol. The number of benzene rings is 1. The Morgan fingerprint density at radius 2 is 2.10 bits per heavy atom. The SMILES string of the molecule is COc1ccc(-c2noc(CC(=O)C(C)(C)C)n2)cc1Br. The molecule has 0 aliphatic rings. The van der Waals surface area contributed by atoms with Crippen LogP contribution in [0.1, 0.15) is 26.7 Å². The van der Waals surface area contributed by atoms with Crippen LogP contribution < -0.4 is 4.74 Å². The molecule has 0 saturated heterocycles. The quantitative estimate of drug-likeness (QED) is 0.839. The minimum absolute atomic E-state index is 0.0635. The Morgan fingerprint density at radius 3 is 2.67 bits per heavy atom. The lowest BCUT2D eigenvalue weighted by atomic mass is 9.89. The topological polar surface area (TPSA) is 65.2 Å². The van der Waals surface area contributed by atoms with Crippen molar-refractivity contribution in [2.24, 2.45) is 5.41 Å². The van der Waals surface area contributed by atoms with Crippen molar-refractivity contribution < 1.29 is 14.1 Å². The van der Waals surface area contributed by atoms with Gasteiger partial charge < -0.3 is 9.26 Å². The zero-order valence-corrected chi connectivity index (χ0v) is 14.0. The van der Waals surface area contributed by atoms with Gasteiger partial charge in [0.2, 0.25) is 11.7 Å². The molecule has 1 heterocycles. The summed E-state index contributed by atoms with van der Waals surface area (Å²) < 4.78 is 11.1. The number of rotatable bonds is 4. The third-order valence-corrected chi connectivity index (χ3v) is 3.65. The lowest BCUT2D eigenvalue weighted by Gasteiger charge is -2.14. The number of carbonyl (C=O) groups excluding carboxylic acids is 1. The van der Waals surface area contributed by atoms with Crippen molar-refractivity contribution >= 4 is 21.7 Å². The number of methoxy groups -OCH3 is 1. The Kier molecular flexibility index (Phi) is 4.46. The summed E-state index contributed by atoms with van der Waals surface area (Å²) in [5, 5.41) is 3.92. The van der Waals surface area contributed by atoms with Gasteiger partial charge in [0.25, 0.3) is 0 Å². The molecule has 0 bridgehead atoms. The fraction of sp³-hybridized carbons (Fsp3) is 0.400. The Morgan fingerprint density at radius 1 is 1.38 bits per heavy atom. The summed E-state index contributed by atoms with van der Waals surface area (Å²) >= 11 is 3.41. The molecule has 0 fully saturated rings. The highest BCUT2D eigenvalue weighted by Crippen LogP contribution is 2.29. The van der Waals surface area contributed by atoms with E-state index in [1.807, 2.05) is 39.0 Å². The maximum Gasteiger partial charge on any atom is 0.234 e. The smallest absolute Gasteiger partial charge is 0.234 e. The molecule has 1 aromatic heterocycles. The first-order chi connectivity index (χ1) is 9.81. The van der Waals surface area contributed by atoms with Gasteiger partial charge in [-0.25, -0.2) is 0 Å². The van der Waals surface area contributed by atoms with Gasteiger partial charge in [0.15, 0.2) is 0 Å². The average molecular weight is 353 g/mol. The fourth-order valence-corrected chi connectivity index (χ4v) is 2.19. The highest BCUT2D eigenvalue weighted by atomic mass is 79.9. The molecular weight excluding hydrogens is 336 g/mol. The first kappa shape index (κ1) is 15.7. The van der Waals surface area contributed by atoms with Gasteiger partial charge in [-0.2, -0.15) is 4.98 Å². The van der Waals surface area contributed by atoms with Crippen molar-refractivity contribution in [3.63, 3.8) is 0 Å². The lowest BCUT2D eigenvalue weighted by Crippen LogP contribution is -2.22. The van der Waals surface area contributed by atoms with Crippen molar-refractivity contribution in [1.29, 1.82) is 0 Å². The molecule has 5 nitrogen and oxygen atoms in total. The van der Waals surface area contributed by atoms with Gasteiger partial charge in [-0.05, 0) is 34.1 Å². The molecule has 0 radical (unpaired) electrons. The van der Waals surface area contributed by atoms with E-state index in [9.17, 15) is 4.79 Å². The molecule has 2 rings (SSSR count). The number of aromatic nitrogens is 2. The first-order valence-corrected chi connectivity index (χ1v) is 7.30. The molecule has 1 aromatic carbocycles. The predicted molar refractivity (Wildman–Crippen MR) is 82.2 cm³/mol. The molecule has 0 amide bonds. The number of halogens is 1. The standard InChI is InChI=1S/C15H17BrN2O3/c1-15(2,3)12(19)8-13-17-14(18-21-13)9-5-6-11(20-4)10(16)7-9/h5-7H,8H2,1-4H3. The second-order valence-corrected chi connectivity index (χ2v) is 6.57. The molecular formula is C15H17BrN2O3. The summed E-state index contributed by atoms with van der Waals surface area (Å²) in [4.78, 5) is 16.2. The molecule has 0 unspecified atom stereocenters. The zero-order valence-electron chi connectivity index (χ0n) is 12.4. The maximum absolute atomic E-state index is 12.0. The summed E-state index contributed by atoms with van der Waals surface area (Å²) in [7, 11) is 1.60. The number of carbonyl (C=O) groups is 1. The summed E-state index contributed by atoms with van der Waals surface area (Å²) in [6.45, 7) is 5.60. The molecule has 21 heavy (non-hydrogen) atoms. The van der Waals surface area contributed by atoms with Crippen molar-refractivity contribution in [3.05, 3.63) is 28.6 Å². The molecule has 0 aliphatic carbocycles. The highest BCUT2D eigenvalue weighted by Gasteiger charge is 2.24. The summed E-state index contributed by atoms with van der Waals surface area (Å²) in [5.74, 6) is 1.57. The van der Waals surface area contributed by atoms with Gasteiger partial charge in [0.1, 0.15) is 11.5 Å². The van der Waals surface area contributed by atoms with Gasteiger partial charge in [-0.3, -0.25) is 4.79 Å². The molecule has 6 heteroatoms. The Balaban J connectivity index is 2.20. The van der Waals surface area contributed by atoms with Crippen LogP contribution in [0.4, 0.5) is 0 Å². The molecule has 0 saturated carbocycles. The third-order valence-electron chi connectivity index (χ3n) is 3.03. The van der Waals surface area contributed by atoms with E-state index in [1.54, 1.807) is 7.11 Å². The average Bonchev–Trinajstić information content (AvgIpc) is 2.86. The zero-order chi connectivity index (χ0) is 15.6. The lowest BCUT2D eigenvalue weighted by molar-refractivity contribution is -0.125. The molecule has 0 spiro atoms. The number of ether oxygens (including phenoxy) is 1. The Hall–Kier alpha value is -1.69. The fourth-order valence-electron chi connectivity index (χ4n) is 1.65. The van der Waals surface area contributed by atoms with E-state index in [-0.39, 0.29) is 12.2 Å². The van der Waals surface area contributed by atoms with Crippen molar-refractivity contribution in [3.8, 4) is 17.1 Å². The van der Waals surface area contributed by atoms with Crippen LogP contribution in [0.15, 0.2) is 27.2 Å². The molecule has 0 aliphatic heterocycles. The van der Waals surface area contributed by atoms with E-state index in [2.05, 4.69) is 26.1 Å². The number of hydrogen-bond donors (Lipinski definition) is 0. The van der Waals surface area contributed by atoms with E-state index < -0.39 is 5.41 Å². The van der Waals surface area contributed by atoms with Crippen LogP contribution >= 0.6 is 15.9 Å². The summed E-state index contributed by atoms with van der Waals surface area (Å²) in [6.07, 6.45) is 0.147. The van der Waals surface area contributed by atoms with Crippen molar-refractivity contribution in [2.75, 3.05) is 7.11 Å². The van der Waals surface area contributed by atoms with Crippen LogP contribution in [-0.4, -0.2) is 23.0 Å². The van der Waals surface area contributed by atoms with Crippen LogP contribution in [-0.2, 0) is 11.2 Å². The van der Waals surface area contributed by atoms with E-state index >= 15 is 0 Å². The summed E-state index contributed by atoms with van der Waals surface area (Å²) in [5.41, 5.74) is 0.374. The first-order valence-electron chi connectivity index (χ1n) is 6.51. The predicted octanol–water partition coefficient (Wildman–Crippen LogP) is 3.67. The minimum atomic E-state index is -0.419. The van der Waals surface area contributed by atoms with Gasteiger partial charge in [-0.1, -0.05) is 25.9 Å². The molecule has 2 aromatic rings. The number of ketones is 1. The van der Waals surface area contributed by atoms with Gasteiger partial charge in [-0.15, -0.1) is 0 Å². The van der Waals surface area contributed by atoms with Crippen molar-refractivity contribution in [2.45, 2.75) is 27.2 Å². The van der Waals surface area contributed by atoms with Gasteiger partial charge >= 0.3 is 0 Å². The van der Waals surface area contributed by atoms with E-state index in [0.717, 1.165) is 15.8 Å². The molecule has 0 N–H and O–H groups in total. The normalized spacial score (nSPS) is 11.5. The summed E-state index contributed by atoms with van der Waals surface area (Å²) in [6, 6.07) is 5.50. The third kappa shape index (κ3) is 3.69.